The van der Waals surface area contributed by atoms with Crippen LogP contribution >= 0.6 is 22.6 Å². The van der Waals surface area contributed by atoms with Crippen LogP contribution in [0.5, 0.6) is 5.75 Å². The number of benzene rings is 2. The molecule has 1 aliphatic carbocycles. The number of hydrogen-bond donors (Lipinski definition) is 0. The molecule has 6 rings (SSSR count). The normalized spacial score (nSPS) is 22.5. The maximum absolute atomic E-state index is 7.11. The average molecular weight is 635 g/mol. The van der Waals surface area contributed by atoms with Gasteiger partial charge in [0.15, 0.2) is 5.65 Å². The zero-order chi connectivity index (χ0) is 26.8. The number of ether oxygens (including phenoxy) is 3. The highest BCUT2D eigenvalue weighted by Crippen LogP contribution is 2.46. The van der Waals surface area contributed by atoms with Crippen molar-refractivity contribution >= 4 is 33.8 Å². The van der Waals surface area contributed by atoms with Crippen LogP contribution in [0.2, 0.25) is 0 Å². The molecule has 1 fully saturated rings. The van der Waals surface area contributed by atoms with Crippen LogP contribution in [0, 0.1) is 9.62 Å². The fourth-order valence-electron chi connectivity index (χ4n) is 5.69. The summed E-state index contributed by atoms with van der Waals surface area (Å²) < 4.78 is 22.0. The summed E-state index contributed by atoms with van der Waals surface area (Å²) in [4.78, 5) is 13.3. The van der Waals surface area contributed by atoms with Crippen molar-refractivity contribution in [1.82, 2.24) is 19.5 Å². The highest BCUT2D eigenvalue weighted by molar-refractivity contribution is 14.1. The third kappa shape index (κ3) is 5.01. The first-order valence-electron chi connectivity index (χ1n) is 13.3. The van der Waals surface area contributed by atoms with Crippen molar-refractivity contribution < 1.29 is 14.2 Å². The topological polar surface area (TPSA) is 71.3 Å². The van der Waals surface area contributed by atoms with Gasteiger partial charge in [-0.05, 0) is 72.0 Å². The number of aromatic nitrogens is 4. The summed E-state index contributed by atoms with van der Waals surface area (Å²) in [5.41, 5.74) is 4.41. The highest BCUT2D eigenvalue weighted by atomic mass is 127. The van der Waals surface area contributed by atoms with Crippen LogP contribution in [0.25, 0.3) is 11.2 Å². The van der Waals surface area contributed by atoms with Crippen molar-refractivity contribution in [3.8, 4) is 5.75 Å². The van der Waals surface area contributed by atoms with E-state index in [9.17, 15) is 0 Å². The van der Waals surface area contributed by atoms with E-state index >= 15 is 0 Å². The first kappa shape index (κ1) is 26.2. The van der Waals surface area contributed by atoms with Crippen LogP contribution in [0.3, 0.4) is 0 Å². The second-order valence-corrected chi connectivity index (χ2v) is 11.1. The van der Waals surface area contributed by atoms with Gasteiger partial charge in [-0.2, -0.15) is 0 Å². The van der Waals surface area contributed by atoms with Crippen LogP contribution in [-0.2, 0) is 15.1 Å². The maximum Gasteiger partial charge on any atom is 0.166 e. The molecule has 4 atom stereocenters. The van der Waals surface area contributed by atoms with E-state index in [-0.39, 0.29) is 18.2 Å². The second kappa shape index (κ2) is 11.2. The molecule has 2 aromatic carbocycles. The molecule has 3 heterocycles. The molecular weight excluding hydrogens is 603 g/mol. The van der Waals surface area contributed by atoms with Gasteiger partial charge in [0.2, 0.25) is 0 Å². The Morgan fingerprint density at radius 2 is 1.82 bits per heavy atom. The number of hydrogen-bond acceptors (Lipinski definition) is 6. The second-order valence-electron chi connectivity index (χ2n) is 10.1. The van der Waals surface area contributed by atoms with Gasteiger partial charge in [-0.15, -0.1) is 0 Å². The number of nitrogens with zero attached hydrogens (tertiary/aromatic N) is 4. The lowest BCUT2D eigenvalue weighted by Gasteiger charge is -2.42. The van der Waals surface area contributed by atoms with Gasteiger partial charge in [0.25, 0.3) is 0 Å². The zero-order valence-electron chi connectivity index (χ0n) is 22.0. The number of methoxy groups -OCH3 is 1. The summed E-state index contributed by atoms with van der Waals surface area (Å²) >= 11 is 2.19. The molecule has 1 aliphatic heterocycles. The van der Waals surface area contributed by atoms with E-state index in [1.165, 1.54) is 5.57 Å². The third-order valence-electron chi connectivity index (χ3n) is 7.74. The fourth-order valence-corrected chi connectivity index (χ4v) is 6.20. The van der Waals surface area contributed by atoms with Crippen molar-refractivity contribution in [2.45, 2.75) is 44.1 Å². The molecule has 4 aromatic rings. The van der Waals surface area contributed by atoms with Crippen molar-refractivity contribution in [2.75, 3.05) is 13.7 Å². The molecule has 2 aliphatic rings. The summed E-state index contributed by atoms with van der Waals surface area (Å²) in [7, 11) is 1.69. The van der Waals surface area contributed by atoms with Gasteiger partial charge in [0.05, 0.1) is 26.1 Å². The Morgan fingerprint density at radius 3 is 2.56 bits per heavy atom. The third-order valence-corrected chi connectivity index (χ3v) is 8.52. The lowest BCUT2D eigenvalue weighted by molar-refractivity contribution is -0.105. The number of halogens is 1. The monoisotopic (exact) mass is 634 g/mol. The van der Waals surface area contributed by atoms with Crippen LogP contribution in [-0.4, -0.2) is 39.3 Å². The maximum atomic E-state index is 7.11. The van der Waals surface area contributed by atoms with Crippen LogP contribution in [0.15, 0.2) is 91.1 Å². The van der Waals surface area contributed by atoms with Gasteiger partial charge < -0.3 is 14.2 Å². The first-order valence-corrected chi connectivity index (χ1v) is 14.3. The molecule has 0 bridgehead atoms. The van der Waals surface area contributed by atoms with E-state index in [2.05, 4.69) is 99.1 Å². The van der Waals surface area contributed by atoms with Gasteiger partial charge in [-0.25, -0.2) is 15.0 Å². The summed E-state index contributed by atoms with van der Waals surface area (Å²) in [6.45, 7) is 2.60. The van der Waals surface area contributed by atoms with Crippen molar-refractivity contribution in [3.63, 3.8) is 0 Å². The van der Waals surface area contributed by atoms with Crippen molar-refractivity contribution in [3.05, 3.63) is 106 Å². The van der Waals surface area contributed by atoms with E-state index in [1.54, 1.807) is 13.4 Å². The Labute approximate surface area is 242 Å². The standard InChI is InChI=1S/C31H31IN4O3/c1-21-8-10-23(11-9-21)31(22-6-4-3-5-7-22,24-12-14-25(37-2)15-13-24)38-18-26-16-17-27(39-26)36-20-35-28-29(32)33-19-34-30(28)36/h3-10,12-15,19-20,23,26-27H,11,16-18H2,1-2H3/t23?,26?,27-,31?/m1/s1. The van der Waals surface area contributed by atoms with Crippen molar-refractivity contribution in [2.24, 2.45) is 5.92 Å². The quantitative estimate of drug-likeness (QED) is 0.161. The molecule has 0 amide bonds. The summed E-state index contributed by atoms with van der Waals surface area (Å²) in [6.07, 6.45) is 12.6. The lowest BCUT2D eigenvalue weighted by atomic mass is 9.72. The Balaban J connectivity index is 1.31. The zero-order valence-corrected chi connectivity index (χ0v) is 24.2. The molecule has 0 saturated carbocycles. The van der Waals surface area contributed by atoms with Gasteiger partial charge >= 0.3 is 0 Å². The Morgan fingerprint density at radius 1 is 1.03 bits per heavy atom. The van der Waals surface area contributed by atoms with E-state index in [0.29, 0.717) is 6.61 Å². The molecule has 2 aromatic heterocycles. The molecular formula is C31H31IN4O3. The van der Waals surface area contributed by atoms with Crippen LogP contribution < -0.4 is 4.74 Å². The molecule has 200 valence electrons. The number of allylic oxidation sites excluding steroid dienone is 3. The minimum absolute atomic E-state index is 0.0560. The smallest absolute Gasteiger partial charge is 0.166 e. The molecule has 0 spiro atoms. The Kier molecular flexibility index (Phi) is 7.51. The molecule has 7 nitrogen and oxygen atoms in total. The largest absolute Gasteiger partial charge is 0.497 e. The van der Waals surface area contributed by atoms with Gasteiger partial charge in [0.1, 0.15) is 33.1 Å². The molecule has 3 unspecified atom stereocenters. The summed E-state index contributed by atoms with van der Waals surface area (Å²) in [5, 5.41) is 0. The predicted molar refractivity (Wildman–Crippen MR) is 158 cm³/mol. The van der Waals surface area contributed by atoms with E-state index in [1.807, 2.05) is 29.1 Å². The van der Waals surface area contributed by atoms with E-state index < -0.39 is 5.60 Å². The van der Waals surface area contributed by atoms with E-state index in [0.717, 1.165) is 51.0 Å². The summed E-state index contributed by atoms with van der Waals surface area (Å²) in [6, 6.07) is 18.8. The Bertz CT molecular complexity index is 1500. The molecule has 0 radical (unpaired) electrons. The van der Waals surface area contributed by atoms with Crippen molar-refractivity contribution in [1.29, 1.82) is 0 Å². The number of fused-ring (bicyclic) bond motifs is 1. The van der Waals surface area contributed by atoms with Gasteiger partial charge in [-0.1, -0.05) is 66.3 Å². The molecule has 8 heteroatoms. The first-order chi connectivity index (χ1) is 19.1. The minimum atomic E-state index is -0.687. The van der Waals surface area contributed by atoms with Crippen LogP contribution in [0.4, 0.5) is 0 Å². The Hall–Kier alpha value is -3.08. The predicted octanol–water partition coefficient (Wildman–Crippen LogP) is 6.60. The number of imidazole rings is 1. The summed E-state index contributed by atoms with van der Waals surface area (Å²) in [5.74, 6) is 0.939. The highest BCUT2D eigenvalue weighted by Gasteiger charge is 2.43. The fraction of sp³-hybridized carbons (Fsp3) is 0.323. The number of rotatable bonds is 8. The lowest BCUT2D eigenvalue weighted by Crippen LogP contribution is -2.41. The van der Waals surface area contributed by atoms with Gasteiger partial charge in [0, 0.05) is 5.92 Å². The molecule has 0 N–H and O–H groups in total. The molecule has 39 heavy (non-hydrogen) atoms. The van der Waals surface area contributed by atoms with Gasteiger partial charge in [-0.3, -0.25) is 4.57 Å². The van der Waals surface area contributed by atoms with E-state index in [4.69, 9.17) is 14.2 Å². The average Bonchev–Trinajstić information content (AvgIpc) is 3.63. The molecule has 1 saturated heterocycles. The minimum Gasteiger partial charge on any atom is -0.497 e. The SMILES string of the molecule is COc1ccc(C(OCC2CC[C@H](n3cnc4c(I)ncnc43)O2)(c2ccccc2)C2C=CC(C)=CC2)cc1. The van der Waals surface area contributed by atoms with Crippen LogP contribution in [0.1, 0.15) is 43.5 Å².